The molecule has 1 saturated heterocycles. The predicted molar refractivity (Wildman–Crippen MR) is 145 cm³/mol. The molecule has 1 fully saturated rings. The van der Waals surface area contributed by atoms with Crippen molar-refractivity contribution in [2.24, 2.45) is 9.98 Å². The molecule has 0 atom stereocenters. The first-order valence-electron chi connectivity index (χ1n) is 11.7. The summed E-state index contributed by atoms with van der Waals surface area (Å²) in [4.78, 5) is 48.8. The van der Waals surface area contributed by atoms with Crippen LogP contribution in [-0.2, 0) is 9.59 Å². The van der Waals surface area contributed by atoms with Crippen molar-refractivity contribution in [3.8, 4) is 0 Å². The summed E-state index contributed by atoms with van der Waals surface area (Å²) in [6.07, 6.45) is 2.64. The Kier molecular flexibility index (Phi) is 7.99. The van der Waals surface area contributed by atoms with E-state index < -0.39 is 10.9 Å². The predicted octanol–water partition coefficient (Wildman–Crippen LogP) is 3.19. The van der Waals surface area contributed by atoms with Gasteiger partial charge in [0.2, 0.25) is 0 Å². The largest absolute Gasteiger partial charge is 0.478 e. The molecule has 3 aliphatic rings. The Hall–Kier alpha value is -4.35. The van der Waals surface area contributed by atoms with Crippen LogP contribution < -0.4 is 4.90 Å². The van der Waals surface area contributed by atoms with Crippen LogP contribution in [0.15, 0.2) is 77.0 Å². The van der Waals surface area contributed by atoms with Crippen LogP contribution in [0.2, 0.25) is 5.02 Å². The van der Waals surface area contributed by atoms with Crippen LogP contribution in [0.3, 0.4) is 0 Å². The smallest absolute Gasteiger partial charge is 0.327 e. The maximum Gasteiger partial charge on any atom is 0.327 e. The molecule has 11 nitrogen and oxygen atoms in total. The maximum absolute atomic E-state index is 13.4. The minimum absolute atomic E-state index is 0.0891. The van der Waals surface area contributed by atoms with E-state index in [0.29, 0.717) is 39.1 Å². The molecule has 1 N–H and O–H groups in total. The molecular formula is C26H25ClN6O5. The molecule has 0 aliphatic carbocycles. The number of piperazine rings is 1. The van der Waals surface area contributed by atoms with Crippen LogP contribution in [0.1, 0.15) is 11.1 Å². The number of benzene rings is 2. The lowest BCUT2D eigenvalue weighted by atomic mass is 9.99. The number of halogens is 1. The van der Waals surface area contributed by atoms with Crippen molar-refractivity contribution in [3.63, 3.8) is 0 Å². The molecule has 1 amide bonds. The number of hydrogen-bond donors (Lipinski definition) is 1. The molecular weight excluding hydrogens is 512 g/mol. The number of amides is 1. The summed E-state index contributed by atoms with van der Waals surface area (Å²) < 4.78 is 0. The van der Waals surface area contributed by atoms with Crippen LogP contribution in [-0.4, -0.2) is 83.0 Å². The first kappa shape index (κ1) is 26.7. The van der Waals surface area contributed by atoms with Crippen molar-refractivity contribution in [1.82, 2.24) is 9.80 Å². The molecule has 0 bridgehead atoms. The summed E-state index contributed by atoms with van der Waals surface area (Å²) in [7, 11) is 2.07. The number of nitrogens with zero attached hydrogens (tertiary/aromatic N) is 6. The zero-order valence-corrected chi connectivity index (χ0v) is 21.3. The summed E-state index contributed by atoms with van der Waals surface area (Å²) in [5.74, 6) is -0.767. The number of carboxylic acid groups (broad SMARTS) is 1. The van der Waals surface area contributed by atoms with E-state index in [1.54, 1.807) is 24.4 Å². The molecule has 38 heavy (non-hydrogen) atoms. The van der Waals surface area contributed by atoms with E-state index in [4.69, 9.17) is 21.7 Å². The average molecular weight is 537 g/mol. The topological polar surface area (TPSA) is 132 Å². The molecule has 12 heteroatoms. The van der Waals surface area contributed by atoms with Gasteiger partial charge in [-0.15, -0.1) is 0 Å². The molecule has 0 unspecified atom stereocenters. The second-order valence-electron chi connectivity index (χ2n) is 8.67. The van der Waals surface area contributed by atoms with Crippen molar-refractivity contribution in [2.75, 3.05) is 44.7 Å². The van der Waals surface area contributed by atoms with Crippen LogP contribution in [0.25, 0.3) is 0 Å². The second-order valence-corrected chi connectivity index (χ2v) is 9.07. The number of carboxylic acids is 1. The van der Waals surface area contributed by atoms with Crippen molar-refractivity contribution in [1.29, 1.82) is 0 Å². The van der Waals surface area contributed by atoms with Gasteiger partial charge in [0, 0.05) is 66.7 Å². The molecule has 0 spiro atoms. The summed E-state index contributed by atoms with van der Waals surface area (Å²) >= 11 is 6.43. The Bertz CT molecular complexity index is 1390. The van der Waals surface area contributed by atoms with Crippen LogP contribution >= 0.6 is 11.6 Å². The van der Waals surface area contributed by atoms with Gasteiger partial charge in [0.15, 0.2) is 0 Å². The molecule has 5 rings (SSSR count). The van der Waals surface area contributed by atoms with Crippen LogP contribution in [0.5, 0.6) is 0 Å². The van der Waals surface area contributed by atoms with Gasteiger partial charge in [0.1, 0.15) is 11.5 Å². The highest BCUT2D eigenvalue weighted by Crippen LogP contribution is 2.35. The van der Waals surface area contributed by atoms with E-state index in [1.165, 1.54) is 17.0 Å². The van der Waals surface area contributed by atoms with Crippen molar-refractivity contribution < 1.29 is 19.6 Å². The highest BCUT2D eigenvalue weighted by atomic mass is 35.5. The fourth-order valence-corrected chi connectivity index (χ4v) is 4.40. The van der Waals surface area contributed by atoms with E-state index in [2.05, 4.69) is 28.4 Å². The number of carbonyl (C=O) groups is 2. The number of fused-ring (bicyclic) bond motifs is 3. The molecule has 3 heterocycles. The van der Waals surface area contributed by atoms with Gasteiger partial charge in [-0.05, 0) is 19.2 Å². The van der Waals surface area contributed by atoms with E-state index in [0.717, 1.165) is 32.3 Å². The molecule has 196 valence electrons. The first-order chi connectivity index (χ1) is 18.2. The molecule has 3 aliphatic heterocycles. The van der Waals surface area contributed by atoms with Crippen molar-refractivity contribution >= 4 is 46.4 Å². The second kappa shape index (κ2) is 11.4. The van der Waals surface area contributed by atoms with Crippen molar-refractivity contribution in [2.45, 2.75) is 0 Å². The Balaban J connectivity index is 0.000000617. The molecule has 0 saturated carbocycles. The summed E-state index contributed by atoms with van der Waals surface area (Å²) in [6.45, 7) is 6.56. The normalized spacial score (nSPS) is 17.9. The van der Waals surface area contributed by atoms with Gasteiger partial charge in [-0.2, -0.15) is 0 Å². The van der Waals surface area contributed by atoms with Gasteiger partial charge in [-0.25, -0.2) is 9.79 Å². The molecule has 0 aromatic heterocycles. The van der Waals surface area contributed by atoms with Crippen molar-refractivity contribution in [3.05, 3.63) is 93.3 Å². The van der Waals surface area contributed by atoms with E-state index in [1.807, 2.05) is 12.1 Å². The third-order valence-corrected chi connectivity index (χ3v) is 6.47. The van der Waals surface area contributed by atoms with E-state index >= 15 is 0 Å². The molecule has 0 radical (unpaired) electrons. The lowest BCUT2D eigenvalue weighted by molar-refractivity contribution is -0.384. The number of anilines is 1. The van der Waals surface area contributed by atoms with E-state index in [-0.39, 0.29) is 18.1 Å². The first-order valence-corrected chi connectivity index (χ1v) is 12.1. The fourth-order valence-electron chi connectivity index (χ4n) is 4.17. The third-order valence-electron chi connectivity index (χ3n) is 6.14. The number of amidine groups is 1. The van der Waals surface area contributed by atoms with Crippen LogP contribution in [0.4, 0.5) is 11.4 Å². The lowest BCUT2D eigenvalue weighted by Gasteiger charge is -2.31. The molecule has 2 aromatic carbocycles. The third kappa shape index (κ3) is 5.63. The zero-order valence-electron chi connectivity index (χ0n) is 20.6. The molecule has 2 aromatic rings. The number of hydrogen-bond acceptors (Lipinski definition) is 8. The zero-order chi connectivity index (χ0) is 27.4. The summed E-state index contributed by atoms with van der Waals surface area (Å²) in [5, 5.41) is 19.6. The minimum Gasteiger partial charge on any atom is -0.478 e. The lowest BCUT2D eigenvalue weighted by Crippen LogP contribution is -2.42. The number of aliphatic carboxylic acids is 1. The SMILES string of the molecule is C=CC(=O)O.CN1CCN(/C=C2\N=C3CN=C(c4ccccc4Cl)c4cc([N+](=O)[O-])ccc4N3C2=O)CC1. The maximum atomic E-state index is 13.4. The summed E-state index contributed by atoms with van der Waals surface area (Å²) in [5.41, 5.74) is 2.36. The highest BCUT2D eigenvalue weighted by Gasteiger charge is 2.37. The Labute approximate surface area is 223 Å². The summed E-state index contributed by atoms with van der Waals surface area (Å²) in [6, 6.07) is 11.6. The van der Waals surface area contributed by atoms with Gasteiger partial charge in [-0.1, -0.05) is 36.4 Å². The Morgan fingerprint density at radius 3 is 2.47 bits per heavy atom. The fraction of sp³-hybridized carbons (Fsp3) is 0.231. The van der Waals surface area contributed by atoms with Crippen LogP contribution in [0, 0.1) is 10.1 Å². The number of likely N-dealkylation sites (N-methyl/N-ethyl adjacent to an activating group) is 1. The average Bonchev–Trinajstić information content (AvgIpc) is 3.11. The van der Waals surface area contributed by atoms with Gasteiger partial charge in [0.25, 0.3) is 11.6 Å². The highest BCUT2D eigenvalue weighted by molar-refractivity contribution is 6.37. The quantitative estimate of drug-likeness (QED) is 0.360. The van der Waals surface area contributed by atoms with Gasteiger partial charge in [-0.3, -0.25) is 24.8 Å². The standard InChI is InChI=1S/C23H21ClN6O3.C3H4O2/c1-27-8-10-28(11-9-27)14-19-23(31)29-20-7-6-15(30(32)33)12-17(20)22(25-13-21(29)26-19)16-4-2-3-5-18(16)24;1-2-3(4)5/h2-7,12,14H,8-11,13H2,1H3;2H,1H2,(H,4,5)/b19-14-;. The van der Waals surface area contributed by atoms with Gasteiger partial charge >= 0.3 is 5.97 Å². The van der Waals surface area contributed by atoms with E-state index in [9.17, 15) is 19.7 Å². The number of carbonyl (C=O) groups excluding carboxylic acids is 1. The number of non-ortho nitro benzene ring substituents is 1. The Morgan fingerprint density at radius 2 is 1.84 bits per heavy atom. The number of aliphatic imine (C=N–C) groups is 2. The number of rotatable bonds is 4. The van der Waals surface area contributed by atoms with Gasteiger partial charge in [0.05, 0.1) is 22.9 Å². The number of nitro groups is 1. The number of nitro benzene ring substituents is 1. The van der Waals surface area contributed by atoms with Gasteiger partial charge < -0.3 is 14.9 Å². The minimum atomic E-state index is -0.981. The monoisotopic (exact) mass is 536 g/mol. The Morgan fingerprint density at radius 1 is 1.16 bits per heavy atom.